The highest BCUT2D eigenvalue weighted by Gasteiger charge is 2.39. The van der Waals surface area contributed by atoms with Gasteiger partial charge in [-0.05, 0) is 75.7 Å². The molecule has 0 radical (unpaired) electrons. The first-order valence-corrected chi connectivity index (χ1v) is 17.5. The van der Waals surface area contributed by atoms with Crippen LogP contribution in [0.3, 0.4) is 0 Å². The van der Waals surface area contributed by atoms with Gasteiger partial charge in [-0.15, -0.1) is 0 Å². The Kier molecular flexibility index (Phi) is 9.30. The molecule has 0 saturated heterocycles. The minimum Gasteiger partial charge on any atom is -0.543 e. The summed E-state index contributed by atoms with van der Waals surface area (Å²) in [5.74, 6) is 1.27. The van der Waals surface area contributed by atoms with Gasteiger partial charge >= 0.3 is 5.97 Å². The van der Waals surface area contributed by atoms with Gasteiger partial charge in [-0.25, -0.2) is 14.8 Å². The third-order valence-electron chi connectivity index (χ3n) is 7.31. The zero-order valence-electron chi connectivity index (χ0n) is 26.7. The minimum absolute atomic E-state index is 0.0755. The molecule has 0 aliphatic heterocycles. The highest BCUT2D eigenvalue weighted by Crippen LogP contribution is 2.38. The van der Waals surface area contributed by atoms with Crippen LogP contribution < -0.4 is 9.74 Å². The molecule has 43 heavy (non-hydrogen) atoms. The van der Waals surface area contributed by atoms with Gasteiger partial charge in [0.25, 0.3) is 0 Å². The van der Waals surface area contributed by atoms with E-state index in [4.69, 9.17) is 23.5 Å². The molecule has 0 spiro atoms. The summed E-state index contributed by atoms with van der Waals surface area (Å²) < 4.78 is 17.8. The standard InChI is InChI=1S/C35H43N3O4Si/c1-24-13-10-14-25(19-24)20-29-32(38-30(22-27-17-12-18-40-27)33(39)41-34(2,3)4)36-23-31(37-29)26-15-11-16-28(21-26)42-43(8,9)35(5,6)7/h10-19,21-23H,20H2,1-9H3,(H,36,38). The fourth-order valence-corrected chi connectivity index (χ4v) is 5.12. The zero-order chi connectivity index (χ0) is 31.4. The van der Waals surface area contributed by atoms with Crippen LogP contribution in [0.4, 0.5) is 5.82 Å². The molecule has 8 heteroatoms. The number of aromatic nitrogens is 2. The molecule has 4 aromatic rings. The first-order chi connectivity index (χ1) is 20.1. The van der Waals surface area contributed by atoms with Crippen LogP contribution in [0, 0.1) is 6.92 Å². The number of hydrogen-bond donors (Lipinski definition) is 1. The lowest BCUT2D eigenvalue weighted by Crippen LogP contribution is -2.43. The smallest absolute Gasteiger partial charge is 0.355 e. The number of aryl methyl sites for hydroxylation is 1. The van der Waals surface area contributed by atoms with Crippen molar-refractivity contribution in [2.75, 3.05) is 5.32 Å². The van der Waals surface area contributed by atoms with Crippen LogP contribution in [0.15, 0.2) is 83.2 Å². The summed E-state index contributed by atoms with van der Waals surface area (Å²) in [6.45, 7) is 18.7. The van der Waals surface area contributed by atoms with Crippen molar-refractivity contribution in [1.29, 1.82) is 0 Å². The van der Waals surface area contributed by atoms with Crippen molar-refractivity contribution in [2.24, 2.45) is 0 Å². The maximum absolute atomic E-state index is 13.3. The van der Waals surface area contributed by atoms with Gasteiger partial charge in [0.2, 0.25) is 8.32 Å². The molecule has 1 N–H and O–H groups in total. The molecular weight excluding hydrogens is 554 g/mol. The fraction of sp³-hybridized carbons (Fsp3) is 0.343. The summed E-state index contributed by atoms with van der Waals surface area (Å²) in [6, 6.07) is 19.8. The maximum Gasteiger partial charge on any atom is 0.355 e. The van der Waals surface area contributed by atoms with Crippen LogP contribution in [-0.2, 0) is 16.0 Å². The summed E-state index contributed by atoms with van der Waals surface area (Å²) in [6.07, 6.45) is 5.39. The second kappa shape index (κ2) is 12.6. The molecule has 2 heterocycles. The van der Waals surface area contributed by atoms with Crippen LogP contribution in [0.2, 0.25) is 18.1 Å². The number of rotatable bonds is 9. The summed E-state index contributed by atoms with van der Waals surface area (Å²) in [7, 11) is -2.02. The highest BCUT2D eigenvalue weighted by atomic mass is 28.4. The summed E-state index contributed by atoms with van der Waals surface area (Å²) in [5.41, 5.74) is 4.05. The zero-order valence-corrected chi connectivity index (χ0v) is 27.7. The van der Waals surface area contributed by atoms with E-state index >= 15 is 0 Å². The Morgan fingerprint density at radius 3 is 2.40 bits per heavy atom. The molecule has 0 atom stereocenters. The Labute approximate surface area is 256 Å². The number of benzene rings is 2. The lowest BCUT2D eigenvalue weighted by atomic mass is 10.1. The van der Waals surface area contributed by atoms with Crippen LogP contribution in [0.1, 0.15) is 64.1 Å². The maximum atomic E-state index is 13.3. The molecule has 7 nitrogen and oxygen atoms in total. The Hall–Kier alpha value is -4.17. The number of furan rings is 1. The van der Waals surface area contributed by atoms with E-state index in [0.29, 0.717) is 29.4 Å². The molecule has 0 unspecified atom stereocenters. The average molecular weight is 598 g/mol. The molecule has 0 bridgehead atoms. The Bertz CT molecular complexity index is 1600. The molecule has 0 amide bonds. The molecule has 2 aromatic carbocycles. The molecule has 0 saturated carbocycles. The largest absolute Gasteiger partial charge is 0.543 e. The lowest BCUT2D eigenvalue weighted by Gasteiger charge is -2.36. The van der Waals surface area contributed by atoms with Gasteiger partial charge in [-0.2, -0.15) is 0 Å². The number of carbonyl (C=O) groups excluding carboxylic acids is 1. The summed E-state index contributed by atoms with van der Waals surface area (Å²) in [4.78, 5) is 23.1. The first-order valence-electron chi connectivity index (χ1n) is 14.6. The van der Waals surface area contributed by atoms with E-state index in [1.165, 1.54) is 0 Å². The van der Waals surface area contributed by atoms with Gasteiger partial charge in [-0.1, -0.05) is 62.7 Å². The minimum atomic E-state index is -2.02. The van der Waals surface area contributed by atoms with Crippen LogP contribution in [0.25, 0.3) is 17.3 Å². The third kappa shape index (κ3) is 8.67. The van der Waals surface area contributed by atoms with Crippen molar-refractivity contribution >= 4 is 26.2 Å². The fourth-order valence-electron chi connectivity index (χ4n) is 4.10. The Morgan fingerprint density at radius 2 is 1.74 bits per heavy atom. The second-order valence-corrected chi connectivity index (χ2v) is 18.0. The molecule has 4 rings (SSSR count). The average Bonchev–Trinajstić information content (AvgIpc) is 3.41. The molecule has 0 fully saturated rings. The first kappa shape index (κ1) is 31.8. The van der Waals surface area contributed by atoms with Crippen molar-refractivity contribution in [3.05, 3.63) is 101 Å². The predicted molar refractivity (Wildman–Crippen MR) is 175 cm³/mol. The van der Waals surface area contributed by atoms with E-state index in [-0.39, 0.29) is 10.7 Å². The molecular formula is C35H43N3O4Si. The van der Waals surface area contributed by atoms with Gasteiger partial charge in [-0.3, -0.25) is 0 Å². The molecule has 0 aliphatic rings. The SMILES string of the molecule is Cc1cccc(Cc2nc(-c3cccc(O[Si](C)(C)C(C)(C)C)c3)cnc2NC(=Cc2ccco2)C(=O)OC(C)(C)C)c1. The van der Waals surface area contributed by atoms with E-state index in [0.717, 1.165) is 22.4 Å². The number of ether oxygens (including phenoxy) is 1. The molecule has 0 aliphatic carbocycles. The predicted octanol–water partition coefficient (Wildman–Crippen LogP) is 8.81. The molecule has 2 aromatic heterocycles. The van der Waals surface area contributed by atoms with Gasteiger partial charge in [0.1, 0.15) is 22.8 Å². The van der Waals surface area contributed by atoms with Crippen LogP contribution >= 0.6 is 0 Å². The van der Waals surface area contributed by atoms with E-state index in [1.54, 1.807) is 30.7 Å². The number of carbonyl (C=O) groups is 1. The Balaban J connectivity index is 1.75. The number of anilines is 1. The van der Waals surface area contributed by atoms with Crippen molar-refractivity contribution in [2.45, 2.75) is 78.6 Å². The van der Waals surface area contributed by atoms with Crippen LogP contribution in [-0.4, -0.2) is 29.9 Å². The van der Waals surface area contributed by atoms with Gasteiger partial charge in [0.05, 0.1) is 23.8 Å². The van der Waals surface area contributed by atoms with E-state index < -0.39 is 19.9 Å². The summed E-state index contributed by atoms with van der Waals surface area (Å²) >= 11 is 0. The second-order valence-electron chi connectivity index (χ2n) is 13.3. The number of nitrogens with one attached hydrogen (secondary N) is 1. The van der Waals surface area contributed by atoms with Crippen molar-refractivity contribution in [1.82, 2.24) is 9.97 Å². The number of hydrogen-bond acceptors (Lipinski definition) is 7. The van der Waals surface area contributed by atoms with E-state index in [1.807, 2.05) is 51.1 Å². The lowest BCUT2D eigenvalue weighted by molar-refractivity contribution is -0.149. The quantitative estimate of drug-likeness (QED) is 0.117. The molecule has 226 valence electrons. The number of nitrogens with zero attached hydrogens (tertiary/aromatic N) is 2. The Morgan fingerprint density at radius 1 is 1.00 bits per heavy atom. The van der Waals surface area contributed by atoms with E-state index in [2.05, 4.69) is 64.3 Å². The number of esters is 1. The van der Waals surface area contributed by atoms with Crippen molar-refractivity contribution < 1.29 is 18.4 Å². The van der Waals surface area contributed by atoms with E-state index in [9.17, 15) is 4.79 Å². The van der Waals surface area contributed by atoms with Crippen LogP contribution in [0.5, 0.6) is 5.75 Å². The highest BCUT2D eigenvalue weighted by molar-refractivity contribution is 6.74. The summed E-state index contributed by atoms with van der Waals surface area (Å²) in [5, 5.41) is 3.29. The van der Waals surface area contributed by atoms with Gasteiger partial charge in [0, 0.05) is 18.1 Å². The van der Waals surface area contributed by atoms with Crippen molar-refractivity contribution in [3.8, 4) is 17.0 Å². The van der Waals surface area contributed by atoms with Gasteiger partial charge in [0.15, 0.2) is 5.82 Å². The monoisotopic (exact) mass is 597 g/mol. The normalized spacial score (nSPS) is 12.6. The van der Waals surface area contributed by atoms with Gasteiger partial charge < -0.3 is 18.9 Å². The topological polar surface area (TPSA) is 86.5 Å². The third-order valence-corrected chi connectivity index (χ3v) is 11.7. The van der Waals surface area contributed by atoms with Crippen molar-refractivity contribution in [3.63, 3.8) is 0 Å².